The standard InChI is InChI=1S/C12H9ClFN3O2/c1-19-12(18)9-11(15)17-8(10(13)16-9)6-3-2-4-7(14)5-6/h2-5H,1H3,(H2,15,17). The van der Waals surface area contributed by atoms with Crippen LogP contribution in [-0.2, 0) is 4.74 Å². The maximum atomic E-state index is 13.2. The number of nitrogens with zero attached hydrogens (tertiary/aromatic N) is 2. The van der Waals surface area contributed by atoms with Gasteiger partial charge in [0.05, 0.1) is 7.11 Å². The van der Waals surface area contributed by atoms with Gasteiger partial charge >= 0.3 is 5.97 Å². The Kier molecular flexibility index (Phi) is 3.62. The van der Waals surface area contributed by atoms with Crippen LogP contribution < -0.4 is 5.73 Å². The first kappa shape index (κ1) is 13.2. The monoisotopic (exact) mass is 281 g/mol. The fraction of sp³-hybridized carbons (Fsp3) is 0.0833. The number of hydrogen-bond donors (Lipinski definition) is 1. The summed E-state index contributed by atoms with van der Waals surface area (Å²) in [7, 11) is 1.19. The Morgan fingerprint density at radius 3 is 2.79 bits per heavy atom. The van der Waals surface area contributed by atoms with E-state index in [2.05, 4.69) is 14.7 Å². The summed E-state index contributed by atoms with van der Waals surface area (Å²) in [6.45, 7) is 0. The number of methoxy groups -OCH3 is 1. The molecule has 0 fully saturated rings. The van der Waals surface area contributed by atoms with Gasteiger partial charge in [-0.25, -0.2) is 19.2 Å². The molecule has 0 saturated carbocycles. The molecule has 0 radical (unpaired) electrons. The van der Waals surface area contributed by atoms with Crippen molar-refractivity contribution in [2.24, 2.45) is 0 Å². The van der Waals surface area contributed by atoms with Crippen molar-refractivity contribution in [3.63, 3.8) is 0 Å². The number of halogens is 2. The molecule has 19 heavy (non-hydrogen) atoms. The SMILES string of the molecule is COC(=O)c1nc(Cl)c(-c2cccc(F)c2)nc1N. The van der Waals surface area contributed by atoms with Crippen molar-refractivity contribution in [3.8, 4) is 11.3 Å². The summed E-state index contributed by atoms with van der Waals surface area (Å²) in [5.74, 6) is -1.31. The molecule has 2 N–H and O–H groups in total. The van der Waals surface area contributed by atoms with Crippen molar-refractivity contribution in [1.29, 1.82) is 0 Å². The molecule has 0 bridgehead atoms. The second kappa shape index (κ2) is 5.19. The highest BCUT2D eigenvalue weighted by molar-refractivity contribution is 6.32. The number of ether oxygens (including phenoxy) is 1. The first-order valence-corrected chi connectivity index (χ1v) is 5.58. The van der Waals surface area contributed by atoms with Gasteiger partial charge in [-0.1, -0.05) is 23.7 Å². The number of nitrogens with two attached hydrogens (primary N) is 1. The lowest BCUT2D eigenvalue weighted by Gasteiger charge is -2.07. The van der Waals surface area contributed by atoms with Crippen LogP contribution in [-0.4, -0.2) is 23.0 Å². The minimum atomic E-state index is -0.738. The number of carbonyl (C=O) groups excluding carboxylic acids is 1. The lowest BCUT2D eigenvalue weighted by molar-refractivity contribution is 0.0595. The summed E-state index contributed by atoms with van der Waals surface area (Å²) in [5, 5.41) is -0.0554. The van der Waals surface area contributed by atoms with Crippen LogP contribution in [0.2, 0.25) is 5.15 Å². The van der Waals surface area contributed by atoms with Crippen LogP contribution in [0.4, 0.5) is 10.2 Å². The molecule has 1 heterocycles. The average molecular weight is 282 g/mol. The molecule has 0 unspecified atom stereocenters. The smallest absolute Gasteiger partial charge is 0.360 e. The fourth-order valence-electron chi connectivity index (χ4n) is 1.49. The van der Waals surface area contributed by atoms with Crippen molar-refractivity contribution in [2.75, 3.05) is 12.8 Å². The fourth-order valence-corrected chi connectivity index (χ4v) is 1.73. The molecule has 1 aromatic heterocycles. The van der Waals surface area contributed by atoms with E-state index in [0.29, 0.717) is 5.56 Å². The summed E-state index contributed by atoms with van der Waals surface area (Å²) in [6.07, 6.45) is 0. The lowest BCUT2D eigenvalue weighted by Crippen LogP contribution is -2.11. The van der Waals surface area contributed by atoms with Crippen LogP contribution >= 0.6 is 11.6 Å². The van der Waals surface area contributed by atoms with E-state index in [4.69, 9.17) is 17.3 Å². The number of carbonyl (C=O) groups is 1. The zero-order valence-corrected chi connectivity index (χ0v) is 10.6. The van der Waals surface area contributed by atoms with E-state index in [1.807, 2.05) is 0 Å². The molecular weight excluding hydrogens is 273 g/mol. The number of aromatic nitrogens is 2. The zero-order chi connectivity index (χ0) is 14.0. The Balaban J connectivity index is 2.55. The quantitative estimate of drug-likeness (QED) is 0.855. The Labute approximate surface area is 113 Å². The van der Waals surface area contributed by atoms with Crippen LogP contribution in [0.15, 0.2) is 24.3 Å². The first-order chi connectivity index (χ1) is 9.02. The average Bonchev–Trinajstić information content (AvgIpc) is 2.40. The molecule has 0 aliphatic rings. The van der Waals surface area contributed by atoms with Gasteiger partial charge < -0.3 is 10.5 Å². The summed E-state index contributed by atoms with van der Waals surface area (Å²) in [4.78, 5) is 19.2. The van der Waals surface area contributed by atoms with E-state index < -0.39 is 11.8 Å². The first-order valence-electron chi connectivity index (χ1n) is 5.20. The predicted octanol–water partition coefficient (Wildman–Crippen LogP) is 2.30. The second-order valence-electron chi connectivity index (χ2n) is 3.60. The molecule has 5 nitrogen and oxygen atoms in total. The van der Waals surface area contributed by atoms with Crippen molar-refractivity contribution in [3.05, 3.63) is 40.9 Å². The van der Waals surface area contributed by atoms with Gasteiger partial charge in [-0.05, 0) is 12.1 Å². The zero-order valence-electron chi connectivity index (χ0n) is 9.85. The molecule has 0 saturated heterocycles. The molecule has 0 atom stereocenters. The highest BCUT2D eigenvalue weighted by atomic mass is 35.5. The minimum absolute atomic E-state index is 0.0554. The highest BCUT2D eigenvalue weighted by Crippen LogP contribution is 2.27. The molecule has 7 heteroatoms. The number of esters is 1. The molecule has 0 spiro atoms. The van der Waals surface area contributed by atoms with Crippen LogP contribution in [0.5, 0.6) is 0 Å². The molecular formula is C12H9ClFN3O2. The van der Waals surface area contributed by atoms with E-state index in [0.717, 1.165) is 0 Å². The molecule has 98 valence electrons. The minimum Gasteiger partial charge on any atom is -0.464 e. The van der Waals surface area contributed by atoms with Crippen LogP contribution in [0.1, 0.15) is 10.5 Å². The van der Waals surface area contributed by atoms with Gasteiger partial charge in [0, 0.05) is 5.56 Å². The van der Waals surface area contributed by atoms with Crippen molar-refractivity contribution >= 4 is 23.4 Å². The molecule has 1 aromatic carbocycles. The topological polar surface area (TPSA) is 78.1 Å². The van der Waals surface area contributed by atoms with E-state index >= 15 is 0 Å². The normalized spacial score (nSPS) is 10.3. The third-order valence-electron chi connectivity index (χ3n) is 2.36. The largest absolute Gasteiger partial charge is 0.464 e. The van der Waals surface area contributed by atoms with E-state index in [1.165, 1.54) is 25.3 Å². The molecule has 0 amide bonds. The van der Waals surface area contributed by atoms with Crippen molar-refractivity contribution in [2.45, 2.75) is 0 Å². The maximum absolute atomic E-state index is 13.2. The number of benzene rings is 1. The molecule has 2 aromatic rings. The number of rotatable bonds is 2. The lowest BCUT2D eigenvalue weighted by atomic mass is 10.1. The van der Waals surface area contributed by atoms with Gasteiger partial charge in [0.15, 0.2) is 16.7 Å². The van der Waals surface area contributed by atoms with Crippen LogP contribution in [0.25, 0.3) is 11.3 Å². The van der Waals surface area contributed by atoms with Gasteiger partial charge in [-0.2, -0.15) is 0 Å². The third-order valence-corrected chi connectivity index (χ3v) is 2.62. The van der Waals surface area contributed by atoms with Gasteiger partial charge in [-0.3, -0.25) is 0 Å². The van der Waals surface area contributed by atoms with Gasteiger partial charge in [0.25, 0.3) is 0 Å². The highest BCUT2D eigenvalue weighted by Gasteiger charge is 2.18. The van der Waals surface area contributed by atoms with E-state index in [1.54, 1.807) is 6.07 Å². The molecule has 0 aliphatic carbocycles. The third kappa shape index (κ3) is 2.63. The van der Waals surface area contributed by atoms with Gasteiger partial charge in [0.2, 0.25) is 0 Å². The second-order valence-corrected chi connectivity index (χ2v) is 3.96. The van der Waals surface area contributed by atoms with Gasteiger partial charge in [-0.15, -0.1) is 0 Å². The predicted molar refractivity (Wildman–Crippen MR) is 68.2 cm³/mol. The summed E-state index contributed by atoms with van der Waals surface area (Å²) in [5.41, 5.74) is 6.06. The van der Waals surface area contributed by atoms with Crippen molar-refractivity contribution < 1.29 is 13.9 Å². The van der Waals surface area contributed by atoms with Crippen LogP contribution in [0, 0.1) is 5.82 Å². The number of anilines is 1. The van der Waals surface area contributed by atoms with E-state index in [-0.39, 0.29) is 22.4 Å². The Bertz CT molecular complexity index is 649. The van der Waals surface area contributed by atoms with Gasteiger partial charge in [0.1, 0.15) is 11.5 Å². The summed E-state index contributed by atoms with van der Waals surface area (Å²) >= 11 is 5.93. The summed E-state index contributed by atoms with van der Waals surface area (Å²) < 4.78 is 17.6. The van der Waals surface area contributed by atoms with Crippen LogP contribution in [0.3, 0.4) is 0 Å². The summed E-state index contributed by atoms with van der Waals surface area (Å²) in [6, 6.07) is 5.65. The molecule has 2 rings (SSSR count). The Morgan fingerprint density at radius 1 is 1.42 bits per heavy atom. The Morgan fingerprint density at radius 2 is 2.16 bits per heavy atom. The number of nitrogen functional groups attached to an aromatic ring is 1. The number of hydrogen-bond acceptors (Lipinski definition) is 5. The van der Waals surface area contributed by atoms with E-state index in [9.17, 15) is 9.18 Å². The maximum Gasteiger partial charge on any atom is 0.360 e. The van der Waals surface area contributed by atoms with Crippen molar-refractivity contribution in [1.82, 2.24) is 9.97 Å². The molecule has 0 aliphatic heterocycles. The Hall–Kier alpha value is -2.21.